The topological polar surface area (TPSA) is 46.8 Å². The largest absolute Gasteiger partial charge is 0.372 e. The summed E-state index contributed by atoms with van der Waals surface area (Å²) in [6.45, 7) is 6.24. The van der Waals surface area contributed by atoms with Gasteiger partial charge in [0.1, 0.15) is 11.2 Å². The Morgan fingerprint density at radius 3 is 2.17 bits per heavy atom. The molecule has 148 valence electrons. The second-order valence-corrected chi connectivity index (χ2v) is 7.20. The number of anilines is 1. The molecule has 5 rings (SSSR count). The van der Waals surface area contributed by atoms with Gasteiger partial charge in [-0.1, -0.05) is 48.5 Å². The molecule has 0 N–H and O–H groups in total. The fourth-order valence-corrected chi connectivity index (χ4v) is 3.86. The van der Waals surface area contributed by atoms with Crippen molar-refractivity contribution < 1.29 is 0 Å². The Kier molecular flexibility index (Phi) is 4.64. The SMILES string of the molecule is CCN(CC)c1ccc2nc3c(-c4ccccc4)nn(-c4ccccc4)c3nc2c1. The van der Waals surface area contributed by atoms with E-state index in [1.54, 1.807) is 0 Å². The van der Waals surface area contributed by atoms with E-state index in [0.29, 0.717) is 0 Å². The van der Waals surface area contributed by atoms with Crippen LogP contribution in [0.15, 0.2) is 78.9 Å². The van der Waals surface area contributed by atoms with Gasteiger partial charge in [-0.2, -0.15) is 5.10 Å². The van der Waals surface area contributed by atoms with Crippen LogP contribution < -0.4 is 4.90 Å². The van der Waals surface area contributed by atoms with Crippen LogP contribution in [-0.2, 0) is 0 Å². The number of benzene rings is 3. The Bertz CT molecular complexity index is 1310. The van der Waals surface area contributed by atoms with Gasteiger partial charge in [-0.15, -0.1) is 0 Å². The van der Waals surface area contributed by atoms with Crippen molar-refractivity contribution in [1.29, 1.82) is 0 Å². The third kappa shape index (κ3) is 3.08. The number of fused-ring (bicyclic) bond motifs is 2. The lowest BCUT2D eigenvalue weighted by Crippen LogP contribution is -2.21. The minimum absolute atomic E-state index is 0.768. The first-order chi connectivity index (χ1) is 14.8. The van der Waals surface area contributed by atoms with Gasteiger partial charge in [-0.05, 0) is 44.2 Å². The van der Waals surface area contributed by atoms with Crippen molar-refractivity contribution >= 4 is 27.9 Å². The van der Waals surface area contributed by atoms with Crippen LogP contribution in [-0.4, -0.2) is 32.8 Å². The molecule has 0 saturated heterocycles. The molecule has 30 heavy (non-hydrogen) atoms. The molecule has 0 radical (unpaired) electrons. The molecule has 5 aromatic rings. The van der Waals surface area contributed by atoms with Crippen molar-refractivity contribution in [1.82, 2.24) is 19.7 Å². The highest BCUT2D eigenvalue weighted by Gasteiger charge is 2.18. The van der Waals surface area contributed by atoms with Crippen molar-refractivity contribution in [2.24, 2.45) is 0 Å². The van der Waals surface area contributed by atoms with Crippen LogP contribution in [0.2, 0.25) is 0 Å². The summed E-state index contributed by atoms with van der Waals surface area (Å²) in [5.41, 5.74) is 7.35. The van der Waals surface area contributed by atoms with Crippen LogP contribution in [0.4, 0.5) is 5.69 Å². The zero-order chi connectivity index (χ0) is 20.5. The maximum absolute atomic E-state index is 5.02. The minimum atomic E-state index is 0.768. The van der Waals surface area contributed by atoms with Gasteiger partial charge in [-0.3, -0.25) is 0 Å². The Hall–Kier alpha value is -3.73. The molecule has 5 nitrogen and oxygen atoms in total. The van der Waals surface area contributed by atoms with E-state index in [2.05, 4.69) is 49.1 Å². The summed E-state index contributed by atoms with van der Waals surface area (Å²) in [6.07, 6.45) is 0. The molecule has 0 atom stereocenters. The van der Waals surface area contributed by atoms with E-state index in [0.717, 1.165) is 57.9 Å². The van der Waals surface area contributed by atoms with E-state index in [1.165, 1.54) is 0 Å². The molecule has 3 aromatic carbocycles. The monoisotopic (exact) mass is 393 g/mol. The Balaban J connectivity index is 1.79. The molecule has 0 fully saturated rings. The van der Waals surface area contributed by atoms with E-state index >= 15 is 0 Å². The van der Waals surface area contributed by atoms with E-state index < -0.39 is 0 Å². The first kappa shape index (κ1) is 18.3. The molecule has 0 amide bonds. The fourth-order valence-electron chi connectivity index (χ4n) is 3.86. The molecule has 2 aromatic heterocycles. The van der Waals surface area contributed by atoms with Crippen LogP contribution in [0.5, 0.6) is 0 Å². The lowest BCUT2D eigenvalue weighted by atomic mass is 10.1. The van der Waals surface area contributed by atoms with Gasteiger partial charge in [0.15, 0.2) is 5.65 Å². The molecule has 0 aliphatic carbocycles. The first-order valence-corrected chi connectivity index (χ1v) is 10.3. The third-order valence-electron chi connectivity index (χ3n) is 5.43. The molecular weight excluding hydrogens is 370 g/mol. The Morgan fingerprint density at radius 2 is 1.47 bits per heavy atom. The van der Waals surface area contributed by atoms with Crippen LogP contribution >= 0.6 is 0 Å². The number of aromatic nitrogens is 4. The zero-order valence-electron chi connectivity index (χ0n) is 17.2. The minimum Gasteiger partial charge on any atom is -0.372 e. The Labute approximate surface area is 175 Å². The average Bonchev–Trinajstić information content (AvgIpc) is 3.18. The predicted octanol–water partition coefficient (Wildman–Crippen LogP) is 5.48. The molecule has 0 saturated carbocycles. The van der Waals surface area contributed by atoms with Crippen LogP contribution in [0.3, 0.4) is 0 Å². The van der Waals surface area contributed by atoms with Gasteiger partial charge >= 0.3 is 0 Å². The quantitative estimate of drug-likeness (QED) is 0.397. The van der Waals surface area contributed by atoms with Gasteiger partial charge in [0.25, 0.3) is 0 Å². The summed E-state index contributed by atoms with van der Waals surface area (Å²) in [5.74, 6) is 0. The summed E-state index contributed by atoms with van der Waals surface area (Å²) in [6, 6.07) is 26.6. The standard InChI is InChI=1S/C25H23N5/c1-3-29(4-2)20-15-16-21-22(17-20)27-25-24(26-21)23(18-11-7-5-8-12-18)28-30(25)19-13-9-6-10-14-19/h5-17H,3-4H2,1-2H3. The number of para-hydroxylation sites is 1. The fraction of sp³-hybridized carbons (Fsp3) is 0.160. The molecule has 0 bridgehead atoms. The summed E-state index contributed by atoms with van der Waals surface area (Å²) in [5, 5.41) is 4.92. The summed E-state index contributed by atoms with van der Waals surface area (Å²) in [7, 11) is 0. The summed E-state index contributed by atoms with van der Waals surface area (Å²) >= 11 is 0. The number of rotatable bonds is 5. The maximum atomic E-state index is 5.02. The van der Waals surface area contributed by atoms with Crippen LogP contribution in [0, 0.1) is 0 Å². The van der Waals surface area contributed by atoms with E-state index in [4.69, 9.17) is 15.1 Å². The van der Waals surface area contributed by atoms with Gasteiger partial charge in [0.2, 0.25) is 0 Å². The van der Waals surface area contributed by atoms with Crippen molar-refractivity contribution in [3.8, 4) is 16.9 Å². The highest BCUT2D eigenvalue weighted by atomic mass is 15.3. The first-order valence-electron chi connectivity index (χ1n) is 10.3. The molecule has 0 aliphatic heterocycles. The molecule has 2 heterocycles. The van der Waals surface area contributed by atoms with Gasteiger partial charge in [0, 0.05) is 24.3 Å². The van der Waals surface area contributed by atoms with Crippen molar-refractivity contribution in [2.45, 2.75) is 13.8 Å². The summed E-state index contributed by atoms with van der Waals surface area (Å²) in [4.78, 5) is 12.3. The van der Waals surface area contributed by atoms with E-state index in [9.17, 15) is 0 Å². The number of hydrogen-bond donors (Lipinski definition) is 0. The van der Waals surface area contributed by atoms with Gasteiger partial charge < -0.3 is 4.90 Å². The average molecular weight is 393 g/mol. The second-order valence-electron chi connectivity index (χ2n) is 7.20. The van der Waals surface area contributed by atoms with Crippen LogP contribution in [0.25, 0.3) is 39.1 Å². The lowest BCUT2D eigenvalue weighted by Gasteiger charge is -2.21. The number of nitrogens with zero attached hydrogens (tertiary/aromatic N) is 5. The smallest absolute Gasteiger partial charge is 0.182 e. The molecule has 0 unspecified atom stereocenters. The molecular formula is C25H23N5. The highest BCUT2D eigenvalue weighted by molar-refractivity contribution is 5.94. The predicted molar refractivity (Wildman–Crippen MR) is 123 cm³/mol. The van der Waals surface area contributed by atoms with Gasteiger partial charge in [0.05, 0.1) is 16.7 Å². The second kappa shape index (κ2) is 7.59. The molecule has 5 heteroatoms. The van der Waals surface area contributed by atoms with Gasteiger partial charge in [-0.25, -0.2) is 14.6 Å². The van der Waals surface area contributed by atoms with Crippen molar-refractivity contribution in [3.05, 3.63) is 78.9 Å². The van der Waals surface area contributed by atoms with Crippen molar-refractivity contribution in [3.63, 3.8) is 0 Å². The van der Waals surface area contributed by atoms with E-state index in [1.807, 2.05) is 53.2 Å². The van der Waals surface area contributed by atoms with E-state index in [-0.39, 0.29) is 0 Å². The number of hydrogen-bond acceptors (Lipinski definition) is 4. The highest BCUT2D eigenvalue weighted by Crippen LogP contribution is 2.30. The molecule has 0 spiro atoms. The normalized spacial score (nSPS) is 11.3. The maximum Gasteiger partial charge on any atom is 0.182 e. The lowest BCUT2D eigenvalue weighted by molar-refractivity contribution is 0.867. The summed E-state index contributed by atoms with van der Waals surface area (Å²) < 4.78 is 1.90. The Morgan fingerprint density at radius 1 is 0.767 bits per heavy atom. The zero-order valence-corrected chi connectivity index (χ0v) is 17.2. The molecule has 0 aliphatic rings. The van der Waals surface area contributed by atoms with Crippen LogP contribution in [0.1, 0.15) is 13.8 Å². The third-order valence-corrected chi connectivity index (χ3v) is 5.43. The van der Waals surface area contributed by atoms with Crippen molar-refractivity contribution in [2.75, 3.05) is 18.0 Å².